The Balaban J connectivity index is 1.92. The molecule has 0 heterocycles. The van der Waals surface area contributed by atoms with E-state index in [0.29, 0.717) is 18.8 Å². The van der Waals surface area contributed by atoms with Crippen molar-refractivity contribution in [3.8, 4) is 11.5 Å². The molecule has 0 spiro atoms. The lowest BCUT2D eigenvalue weighted by Crippen LogP contribution is -2.38. The van der Waals surface area contributed by atoms with E-state index in [1.165, 1.54) is 0 Å². The van der Waals surface area contributed by atoms with Crippen molar-refractivity contribution in [3.05, 3.63) is 59.7 Å². The van der Waals surface area contributed by atoms with Crippen LogP contribution in [-0.4, -0.2) is 44.6 Å². The molecule has 0 fully saturated rings. The van der Waals surface area contributed by atoms with Crippen molar-refractivity contribution in [2.24, 2.45) is 10.7 Å². The lowest BCUT2D eigenvalue weighted by molar-refractivity contribution is -0.119. The molecule has 27 heavy (non-hydrogen) atoms. The van der Waals surface area contributed by atoms with Gasteiger partial charge in [0, 0.05) is 27.2 Å². The van der Waals surface area contributed by atoms with Crippen LogP contribution in [0.2, 0.25) is 0 Å². The molecule has 0 radical (unpaired) electrons. The van der Waals surface area contributed by atoms with Crippen molar-refractivity contribution in [3.63, 3.8) is 0 Å². The maximum atomic E-state index is 10.8. The molecule has 0 atom stereocenters. The Labute approximate surface area is 159 Å². The third kappa shape index (κ3) is 6.54. The fraction of sp³-hybridized carbons (Fsp3) is 0.300. The molecule has 2 aromatic rings. The number of guanidine groups is 1. The Morgan fingerprint density at radius 2 is 1.89 bits per heavy atom. The van der Waals surface area contributed by atoms with E-state index in [-0.39, 0.29) is 6.61 Å². The summed E-state index contributed by atoms with van der Waals surface area (Å²) in [5, 5.41) is 3.32. The average Bonchev–Trinajstić information content (AvgIpc) is 2.68. The first kappa shape index (κ1) is 20.1. The normalized spacial score (nSPS) is 11.0. The third-order valence-corrected chi connectivity index (χ3v) is 3.88. The highest BCUT2D eigenvalue weighted by Gasteiger charge is 2.07. The monoisotopic (exact) mass is 370 g/mol. The molecule has 7 heteroatoms. The van der Waals surface area contributed by atoms with E-state index < -0.39 is 5.91 Å². The molecular formula is C20H26N4O3. The molecule has 0 aliphatic heterocycles. The maximum absolute atomic E-state index is 10.8. The van der Waals surface area contributed by atoms with Gasteiger partial charge in [-0.3, -0.25) is 9.79 Å². The number of amides is 1. The summed E-state index contributed by atoms with van der Waals surface area (Å²) < 4.78 is 10.5. The van der Waals surface area contributed by atoms with Crippen LogP contribution in [0.5, 0.6) is 11.5 Å². The number of aliphatic imine (C=N–C) groups is 1. The van der Waals surface area contributed by atoms with Gasteiger partial charge in [-0.15, -0.1) is 0 Å². The molecule has 0 aromatic heterocycles. The number of carbonyl (C=O) groups is 1. The molecule has 0 aliphatic rings. The van der Waals surface area contributed by atoms with Crippen LogP contribution < -0.4 is 20.5 Å². The van der Waals surface area contributed by atoms with Gasteiger partial charge in [-0.2, -0.15) is 0 Å². The molecule has 2 rings (SSSR count). The molecule has 0 aliphatic carbocycles. The van der Waals surface area contributed by atoms with E-state index in [9.17, 15) is 4.79 Å². The minimum absolute atomic E-state index is 0.136. The van der Waals surface area contributed by atoms with Crippen LogP contribution in [0.25, 0.3) is 0 Å². The Kier molecular flexibility index (Phi) is 7.49. The van der Waals surface area contributed by atoms with Gasteiger partial charge in [-0.05, 0) is 35.4 Å². The zero-order chi connectivity index (χ0) is 19.6. The van der Waals surface area contributed by atoms with Crippen LogP contribution in [0.1, 0.15) is 11.1 Å². The number of nitrogens with zero attached hydrogens (tertiary/aromatic N) is 2. The summed E-state index contributed by atoms with van der Waals surface area (Å²) in [4.78, 5) is 17.2. The first-order chi connectivity index (χ1) is 13.0. The standard InChI is InChI=1S/C20H26N4O3/c1-22-20(24(2)13-15-7-9-17(26-3)10-8-15)23-12-16-5-4-6-18(11-16)27-14-19(21)25/h4-11H,12-14H2,1-3H3,(H2,21,25)(H,22,23). The van der Waals surface area contributed by atoms with Crippen molar-refractivity contribution in [1.29, 1.82) is 0 Å². The molecule has 0 saturated heterocycles. The Morgan fingerprint density at radius 3 is 2.52 bits per heavy atom. The Bertz CT molecular complexity index is 775. The molecule has 144 valence electrons. The second-order valence-corrected chi connectivity index (χ2v) is 6.01. The number of hydrogen-bond acceptors (Lipinski definition) is 4. The number of hydrogen-bond donors (Lipinski definition) is 2. The molecule has 0 bridgehead atoms. The minimum atomic E-state index is -0.501. The van der Waals surface area contributed by atoms with Crippen LogP contribution in [0.3, 0.4) is 0 Å². The molecule has 0 unspecified atom stereocenters. The average molecular weight is 370 g/mol. The minimum Gasteiger partial charge on any atom is -0.497 e. The number of rotatable bonds is 8. The summed E-state index contributed by atoms with van der Waals surface area (Å²) >= 11 is 0. The highest BCUT2D eigenvalue weighted by Crippen LogP contribution is 2.14. The van der Waals surface area contributed by atoms with Crippen molar-refractivity contribution >= 4 is 11.9 Å². The molecule has 1 amide bonds. The van der Waals surface area contributed by atoms with Gasteiger partial charge >= 0.3 is 0 Å². The number of ether oxygens (including phenoxy) is 2. The van der Waals surface area contributed by atoms with E-state index in [1.807, 2.05) is 54.4 Å². The van der Waals surface area contributed by atoms with Crippen LogP contribution >= 0.6 is 0 Å². The number of nitrogens with two attached hydrogens (primary N) is 1. The maximum Gasteiger partial charge on any atom is 0.255 e. The molecule has 0 saturated carbocycles. The van der Waals surface area contributed by atoms with E-state index in [0.717, 1.165) is 22.8 Å². The van der Waals surface area contributed by atoms with E-state index in [2.05, 4.69) is 10.3 Å². The topological polar surface area (TPSA) is 89.2 Å². The zero-order valence-corrected chi connectivity index (χ0v) is 15.9. The number of benzene rings is 2. The predicted molar refractivity (Wildman–Crippen MR) is 106 cm³/mol. The smallest absolute Gasteiger partial charge is 0.255 e. The number of carbonyl (C=O) groups excluding carboxylic acids is 1. The van der Waals surface area contributed by atoms with Gasteiger partial charge in [0.15, 0.2) is 12.6 Å². The predicted octanol–water partition coefficient (Wildman–Crippen LogP) is 1.77. The first-order valence-corrected chi connectivity index (χ1v) is 8.56. The Hall–Kier alpha value is -3.22. The van der Waals surface area contributed by atoms with Crippen LogP contribution in [-0.2, 0) is 17.9 Å². The zero-order valence-electron chi connectivity index (χ0n) is 15.9. The highest BCUT2D eigenvalue weighted by atomic mass is 16.5. The summed E-state index contributed by atoms with van der Waals surface area (Å²) in [7, 11) is 5.38. The number of nitrogens with one attached hydrogen (secondary N) is 1. The van der Waals surface area contributed by atoms with Gasteiger partial charge in [0.1, 0.15) is 11.5 Å². The Morgan fingerprint density at radius 1 is 1.15 bits per heavy atom. The lowest BCUT2D eigenvalue weighted by atomic mass is 10.2. The summed E-state index contributed by atoms with van der Waals surface area (Å²) in [6, 6.07) is 15.4. The SMILES string of the molecule is CN=C(NCc1cccc(OCC(N)=O)c1)N(C)Cc1ccc(OC)cc1. The van der Waals surface area contributed by atoms with Gasteiger partial charge in [-0.1, -0.05) is 24.3 Å². The highest BCUT2D eigenvalue weighted by molar-refractivity contribution is 5.79. The first-order valence-electron chi connectivity index (χ1n) is 8.56. The fourth-order valence-electron chi connectivity index (χ4n) is 2.55. The van der Waals surface area contributed by atoms with Crippen LogP contribution in [0, 0.1) is 0 Å². The number of methoxy groups -OCH3 is 1. The van der Waals surface area contributed by atoms with Crippen molar-refractivity contribution in [2.75, 3.05) is 27.8 Å². The van der Waals surface area contributed by atoms with E-state index >= 15 is 0 Å². The van der Waals surface area contributed by atoms with Crippen molar-refractivity contribution in [2.45, 2.75) is 13.1 Å². The quantitative estimate of drug-likeness (QED) is 0.546. The second-order valence-electron chi connectivity index (χ2n) is 6.01. The fourth-order valence-corrected chi connectivity index (χ4v) is 2.55. The third-order valence-electron chi connectivity index (χ3n) is 3.88. The van der Waals surface area contributed by atoms with Gasteiger partial charge in [-0.25, -0.2) is 0 Å². The van der Waals surface area contributed by atoms with Gasteiger partial charge in [0.25, 0.3) is 5.91 Å². The van der Waals surface area contributed by atoms with E-state index in [1.54, 1.807) is 20.2 Å². The van der Waals surface area contributed by atoms with Crippen molar-refractivity contribution in [1.82, 2.24) is 10.2 Å². The molecule has 7 nitrogen and oxygen atoms in total. The van der Waals surface area contributed by atoms with Gasteiger partial charge < -0.3 is 25.4 Å². The molecular weight excluding hydrogens is 344 g/mol. The second kappa shape index (κ2) is 10.1. The van der Waals surface area contributed by atoms with Crippen LogP contribution in [0.4, 0.5) is 0 Å². The molecule has 3 N–H and O–H groups in total. The van der Waals surface area contributed by atoms with Crippen LogP contribution in [0.15, 0.2) is 53.5 Å². The van der Waals surface area contributed by atoms with Crippen molar-refractivity contribution < 1.29 is 14.3 Å². The largest absolute Gasteiger partial charge is 0.497 e. The van der Waals surface area contributed by atoms with Gasteiger partial charge in [0.05, 0.1) is 7.11 Å². The number of primary amides is 1. The summed E-state index contributed by atoms with van der Waals surface area (Å²) in [5.74, 6) is 1.71. The lowest BCUT2D eigenvalue weighted by Gasteiger charge is -2.22. The summed E-state index contributed by atoms with van der Waals surface area (Å²) in [6.45, 7) is 1.15. The molecule has 2 aromatic carbocycles. The van der Waals surface area contributed by atoms with Gasteiger partial charge in [0.2, 0.25) is 0 Å². The summed E-state index contributed by atoms with van der Waals surface area (Å²) in [5.41, 5.74) is 7.27. The summed E-state index contributed by atoms with van der Waals surface area (Å²) in [6.07, 6.45) is 0. The van der Waals surface area contributed by atoms with E-state index in [4.69, 9.17) is 15.2 Å².